The molecule has 0 atom stereocenters. The third kappa shape index (κ3) is 5.32. The highest BCUT2D eigenvalue weighted by Gasteiger charge is 2.23. The van der Waals surface area contributed by atoms with E-state index in [4.69, 9.17) is 32.7 Å². The average Bonchev–Trinajstić information content (AvgIpc) is 2.99. The number of rotatable bonds is 5. The molecule has 29 heavy (non-hydrogen) atoms. The summed E-state index contributed by atoms with van der Waals surface area (Å²) < 4.78 is 11.2. The van der Waals surface area contributed by atoms with Crippen molar-refractivity contribution in [2.24, 2.45) is 4.99 Å². The lowest BCUT2D eigenvalue weighted by Crippen LogP contribution is -2.23. The fourth-order valence-electron chi connectivity index (χ4n) is 2.49. The van der Waals surface area contributed by atoms with Crippen molar-refractivity contribution >= 4 is 58.0 Å². The van der Waals surface area contributed by atoms with Crippen molar-refractivity contribution in [3.05, 3.63) is 62.5 Å². The van der Waals surface area contributed by atoms with E-state index in [1.165, 1.54) is 14.0 Å². The standard InChI is InChI=1S/C20H16Cl2N2O4S/c1-11(25)23-20-24-19(26)17(29-20)9-12-7-15(22)18(16(8-12)27-2)28-10-13-5-3-4-6-14(13)21/h3-9H,10H2,1-2H3,(H,23,24,25,26)/b17-9+. The van der Waals surface area contributed by atoms with E-state index in [0.29, 0.717) is 32.0 Å². The first-order valence-corrected chi connectivity index (χ1v) is 9.98. The molecule has 1 aliphatic heterocycles. The normalized spacial score (nSPS) is 14.7. The van der Waals surface area contributed by atoms with Gasteiger partial charge in [0.15, 0.2) is 16.7 Å². The zero-order chi connectivity index (χ0) is 21.0. The summed E-state index contributed by atoms with van der Waals surface area (Å²) in [5.74, 6) is 0.0506. The lowest BCUT2D eigenvalue weighted by molar-refractivity contribution is -0.117. The molecule has 0 saturated carbocycles. The number of nitrogens with zero attached hydrogens (tertiary/aromatic N) is 1. The van der Waals surface area contributed by atoms with Gasteiger partial charge in [-0.3, -0.25) is 9.59 Å². The molecule has 2 aromatic carbocycles. The number of ether oxygens (including phenoxy) is 2. The van der Waals surface area contributed by atoms with Gasteiger partial charge in [-0.05, 0) is 41.6 Å². The molecule has 6 nitrogen and oxygen atoms in total. The number of aliphatic imine (C=N–C) groups is 1. The molecular weight excluding hydrogens is 435 g/mol. The topological polar surface area (TPSA) is 77.0 Å². The first-order chi connectivity index (χ1) is 13.9. The molecule has 2 aromatic rings. The van der Waals surface area contributed by atoms with Gasteiger partial charge in [0.1, 0.15) is 6.61 Å². The Bertz CT molecular complexity index is 1040. The van der Waals surface area contributed by atoms with Crippen LogP contribution < -0.4 is 14.8 Å². The zero-order valence-electron chi connectivity index (χ0n) is 15.5. The van der Waals surface area contributed by atoms with Crippen molar-refractivity contribution in [2.75, 3.05) is 7.11 Å². The zero-order valence-corrected chi connectivity index (χ0v) is 17.8. The fourth-order valence-corrected chi connectivity index (χ4v) is 3.82. The largest absolute Gasteiger partial charge is 0.493 e. The second-order valence-corrected chi connectivity index (χ2v) is 7.77. The van der Waals surface area contributed by atoms with E-state index in [0.717, 1.165) is 17.3 Å². The van der Waals surface area contributed by atoms with Gasteiger partial charge in [-0.25, -0.2) is 0 Å². The molecule has 1 N–H and O–H groups in total. The van der Waals surface area contributed by atoms with Gasteiger partial charge < -0.3 is 14.8 Å². The minimum atomic E-state index is -0.437. The van der Waals surface area contributed by atoms with E-state index in [9.17, 15) is 9.59 Å². The van der Waals surface area contributed by atoms with Crippen molar-refractivity contribution in [3.63, 3.8) is 0 Å². The number of nitrogens with one attached hydrogen (secondary N) is 1. The van der Waals surface area contributed by atoms with Crippen LogP contribution in [0.2, 0.25) is 10.0 Å². The molecule has 2 amide bonds. The predicted octanol–water partition coefficient (Wildman–Crippen LogP) is 4.69. The molecule has 9 heteroatoms. The van der Waals surface area contributed by atoms with Gasteiger partial charge in [-0.15, -0.1) is 0 Å². The van der Waals surface area contributed by atoms with Crippen molar-refractivity contribution in [1.29, 1.82) is 0 Å². The van der Waals surface area contributed by atoms with E-state index < -0.39 is 5.91 Å². The Morgan fingerprint density at radius 1 is 1.24 bits per heavy atom. The average molecular weight is 451 g/mol. The molecule has 0 radical (unpaired) electrons. The molecule has 1 aliphatic rings. The molecule has 0 saturated heterocycles. The number of halogens is 2. The van der Waals surface area contributed by atoms with Crippen molar-refractivity contribution < 1.29 is 19.1 Å². The predicted molar refractivity (Wildman–Crippen MR) is 116 cm³/mol. The number of thioether (sulfide) groups is 1. The Morgan fingerprint density at radius 2 is 2.00 bits per heavy atom. The van der Waals surface area contributed by atoms with Crippen molar-refractivity contribution in [2.45, 2.75) is 13.5 Å². The van der Waals surface area contributed by atoms with E-state index in [1.807, 2.05) is 18.2 Å². The monoisotopic (exact) mass is 450 g/mol. The lowest BCUT2D eigenvalue weighted by atomic mass is 10.1. The molecule has 0 bridgehead atoms. The summed E-state index contributed by atoms with van der Waals surface area (Å²) in [6.45, 7) is 1.57. The van der Waals surface area contributed by atoms with Crippen LogP contribution in [0.5, 0.6) is 11.5 Å². The summed E-state index contributed by atoms with van der Waals surface area (Å²) >= 11 is 13.6. The van der Waals surface area contributed by atoms with Gasteiger partial charge in [-0.2, -0.15) is 4.99 Å². The second-order valence-electron chi connectivity index (χ2n) is 5.93. The Balaban J connectivity index is 1.81. The van der Waals surface area contributed by atoms with Crippen LogP contribution in [-0.2, 0) is 16.2 Å². The number of hydrogen-bond acceptors (Lipinski definition) is 5. The quantitative estimate of drug-likeness (QED) is 0.668. The Labute approximate surface area is 181 Å². The minimum absolute atomic E-state index is 0.221. The Morgan fingerprint density at radius 3 is 2.69 bits per heavy atom. The molecule has 0 fully saturated rings. The molecular formula is C20H16Cl2N2O4S. The van der Waals surface area contributed by atoms with Crippen LogP contribution in [-0.4, -0.2) is 24.1 Å². The summed E-state index contributed by atoms with van der Waals surface area (Å²) in [5, 5.41) is 3.65. The molecule has 0 spiro atoms. The van der Waals surface area contributed by atoms with E-state index >= 15 is 0 Å². The number of carbonyl (C=O) groups excluding carboxylic acids is 2. The minimum Gasteiger partial charge on any atom is -0.493 e. The van der Waals surface area contributed by atoms with Crippen LogP contribution in [0.3, 0.4) is 0 Å². The lowest BCUT2D eigenvalue weighted by Gasteiger charge is -2.14. The summed E-state index contributed by atoms with van der Waals surface area (Å²) in [6.07, 6.45) is 1.62. The SMILES string of the molecule is COc1cc(/C=C2/SC(NC(C)=O)=NC2=O)cc(Cl)c1OCc1ccccc1Cl. The van der Waals surface area contributed by atoms with Gasteiger partial charge in [-0.1, -0.05) is 41.4 Å². The summed E-state index contributed by atoms with van der Waals surface area (Å²) in [4.78, 5) is 27.3. The van der Waals surface area contributed by atoms with Crippen LogP contribution in [0.4, 0.5) is 0 Å². The number of hydrogen-bond donors (Lipinski definition) is 1. The molecule has 3 rings (SSSR count). The van der Waals surface area contributed by atoms with E-state index in [1.54, 1.807) is 24.3 Å². The highest BCUT2D eigenvalue weighted by atomic mass is 35.5. The van der Waals surface area contributed by atoms with Crippen molar-refractivity contribution in [3.8, 4) is 11.5 Å². The van der Waals surface area contributed by atoms with Gasteiger partial charge in [0.25, 0.3) is 5.91 Å². The van der Waals surface area contributed by atoms with Crippen molar-refractivity contribution in [1.82, 2.24) is 5.32 Å². The Hall–Kier alpha value is -2.48. The molecule has 0 unspecified atom stereocenters. The number of methoxy groups -OCH3 is 1. The summed E-state index contributed by atoms with van der Waals surface area (Å²) in [5.41, 5.74) is 1.45. The maximum Gasteiger partial charge on any atom is 0.286 e. The maximum absolute atomic E-state index is 12.0. The maximum atomic E-state index is 12.0. The van der Waals surface area contributed by atoms with Crippen LogP contribution in [0, 0.1) is 0 Å². The third-order valence-electron chi connectivity index (χ3n) is 3.78. The molecule has 0 aliphatic carbocycles. The highest BCUT2D eigenvalue weighted by Crippen LogP contribution is 2.39. The first kappa shape index (κ1) is 21.2. The van der Waals surface area contributed by atoms with Gasteiger partial charge in [0, 0.05) is 17.5 Å². The summed E-state index contributed by atoms with van der Waals surface area (Å²) in [7, 11) is 1.50. The third-order valence-corrected chi connectivity index (χ3v) is 5.33. The second kappa shape index (κ2) is 9.35. The highest BCUT2D eigenvalue weighted by molar-refractivity contribution is 8.18. The number of benzene rings is 2. The Kier molecular flexibility index (Phi) is 6.84. The van der Waals surface area contributed by atoms with E-state index in [-0.39, 0.29) is 17.7 Å². The van der Waals surface area contributed by atoms with Gasteiger partial charge in [0.05, 0.1) is 17.0 Å². The van der Waals surface area contributed by atoms with Crippen LogP contribution in [0.25, 0.3) is 6.08 Å². The van der Waals surface area contributed by atoms with E-state index in [2.05, 4.69) is 10.3 Å². The van der Waals surface area contributed by atoms with Gasteiger partial charge in [0.2, 0.25) is 5.91 Å². The first-order valence-electron chi connectivity index (χ1n) is 8.41. The van der Waals surface area contributed by atoms with Gasteiger partial charge >= 0.3 is 0 Å². The van der Waals surface area contributed by atoms with Crippen LogP contribution >= 0.6 is 35.0 Å². The molecule has 1 heterocycles. The molecule has 150 valence electrons. The van der Waals surface area contributed by atoms with Crippen LogP contribution in [0.1, 0.15) is 18.1 Å². The summed E-state index contributed by atoms with van der Waals surface area (Å²) in [6, 6.07) is 10.7. The van der Waals surface area contributed by atoms with Crippen LogP contribution in [0.15, 0.2) is 46.3 Å². The fraction of sp³-hybridized carbons (Fsp3) is 0.150. The molecule has 0 aromatic heterocycles. The number of amidine groups is 1. The number of carbonyl (C=O) groups is 2. The smallest absolute Gasteiger partial charge is 0.286 e. The number of amides is 2.